The van der Waals surface area contributed by atoms with Crippen LogP contribution in [0, 0.1) is 6.92 Å². The van der Waals surface area contributed by atoms with E-state index in [1.54, 1.807) is 0 Å². The van der Waals surface area contributed by atoms with Crippen molar-refractivity contribution in [2.75, 3.05) is 0 Å². The van der Waals surface area contributed by atoms with Gasteiger partial charge in [0.05, 0.1) is 16.7 Å². The van der Waals surface area contributed by atoms with Crippen LogP contribution in [0.4, 0.5) is 5.69 Å². The van der Waals surface area contributed by atoms with Gasteiger partial charge in [0.1, 0.15) is 5.69 Å². The van der Waals surface area contributed by atoms with E-state index in [2.05, 4.69) is 68.5 Å². The van der Waals surface area contributed by atoms with Crippen molar-refractivity contribution in [1.29, 1.82) is 0 Å². The number of aliphatic imine (C=N–C) groups is 1. The van der Waals surface area contributed by atoms with Crippen LogP contribution in [-0.2, 0) is 6.42 Å². The molecule has 3 heterocycles. The Morgan fingerprint density at radius 3 is 2.64 bits per heavy atom. The number of H-pyrrole nitrogens is 2. The Bertz CT molecular complexity index is 1150. The molecule has 0 unspecified atom stereocenters. The zero-order valence-electron chi connectivity index (χ0n) is 14.1. The lowest BCUT2D eigenvalue weighted by molar-refractivity contribution is 1.04. The normalized spacial score (nSPS) is 13.3. The molecule has 2 aromatic carbocycles. The van der Waals surface area contributed by atoms with Crippen LogP contribution in [0.1, 0.15) is 18.2 Å². The highest BCUT2D eigenvalue weighted by Gasteiger charge is 2.13. The lowest BCUT2D eigenvalue weighted by atomic mass is 10.0. The molecule has 0 aliphatic carbocycles. The Morgan fingerprint density at radius 1 is 0.960 bits per heavy atom. The minimum atomic E-state index is 0.787. The third kappa shape index (κ3) is 2.36. The summed E-state index contributed by atoms with van der Waals surface area (Å²) in [5.41, 5.74) is 9.76. The quantitative estimate of drug-likeness (QED) is 0.566. The summed E-state index contributed by atoms with van der Waals surface area (Å²) >= 11 is 0. The van der Waals surface area contributed by atoms with E-state index >= 15 is 0 Å². The van der Waals surface area contributed by atoms with Crippen LogP contribution >= 0.6 is 0 Å². The predicted octanol–water partition coefficient (Wildman–Crippen LogP) is 4.58. The molecule has 5 heteroatoms. The Labute approximate surface area is 144 Å². The van der Waals surface area contributed by atoms with Gasteiger partial charge in [-0.2, -0.15) is 5.10 Å². The monoisotopic (exact) mass is 327 g/mol. The molecule has 0 saturated heterocycles. The first-order valence-corrected chi connectivity index (χ1v) is 8.35. The highest BCUT2D eigenvalue weighted by Crippen LogP contribution is 2.32. The van der Waals surface area contributed by atoms with E-state index in [9.17, 15) is 0 Å². The van der Waals surface area contributed by atoms with Gasteiger partial charge >= 0.3 is 0 Å². The zero-order valence-corrected chi connectivity index (χ0v) is 14.1. The molecule has 0 radical (unpaired) electrons. The van der Waals surface area contributed by atoms with Crippen LogP contribution < -0.4 is 0 Å². The van der Waals surface area contributed by atoms with Gasteiger partial charge in [-0.3, -0.25) is 10.1 Å². The molecule has 25 heavy (non-hydrogen) atoms. The molecule has 5 rings (SSSR count). The SMILES string of the molecule is CC1=Nc2ccc(-c3ccc4nc(-c5cc(C)[nH]n5)[nH]c4c3)cc2C1. The number of hydrogen-bond donors (Lipinski definition) is 2. The summed E-state index contributed by atoms with van der Waals surface area (Å²) < 4.78 is 0. The number of aryl methyl sites for hydroxylation is 1. The van der Waals surface area contributed by atoms with E-state index in [0.29, 0.717) is 0 Å². The first-order chi connectivity index (χ1) is 12.2. The average molecular weight is 327 g/mol. The van der Waals surface area contributed by atoms with E-state index in [1.165, 1.54) is 22.4 Å². The molecular formula is C20H17N5. The van der Waals surface area contributed by atoms with Crippen molar-refractivity contribution in [3.05, 3.63) is 53.7 Å². The summed E-state index contributed by atoms with van der Waals surface area (Å²) in [6, 6.07) is 14.8. The number of imidazole rings is 1. The van der Waals surface area contributed by atoms with E-state index in [4.69, 9.17) is 0 Å². The van der Waals surface area contributed by atoms with Crippen molar-refractivity contribution in [3.8, 4) is 22.6 Å². The molecule has 0 bridgehead atoms. The van der Waals surface area contributed by atoms with Crippen LogP contribution in [0.3, 0.4) is 0 Å². The number of aromatic nitrogens is 4. The maximum absolute atomic E-state index is 4.64. The van der Waals surface area contributed by atoms with Gasteiger partial charge in [-0.1, -0.05) is 12.1 Å². The Kier molecular flexibility index (Phi) is 2.91. The Morgan fingerprint density at radius 2 is 1.80 bits per heavy atom. The first-order valence-electron chi connectivity index (χ1n) is 8.35. The van der Waals surface area contributed by atoms with E-state index in [-0.39, 0.29) is 0 Å². The van der Waals surface area contributed by atoms with Crippen LogP contribution in [0.25, 0.3) is 33.7 Å². The molecule has 1 aliphatic rings. The summed E-state index contributed by atoms with van der Waals surface area (Å²) in [6.07, 6.45) is 0.943. The van der Waals surface area contributed by atoms with Crippen molar-refractivity contribution in [3.63, 3.8) is 0 Å². The van der Waals surface area contributed by atoms with Crippen molar-refractivity contribution in [2.24, 2.45) is 4.99 Å². The number of rotatable bonds is 2. The van der Waals surface area contributed by atoms with Gasteiger partial charge < -0.3 is 4.98 Å². The zero-order chi connectivity index (χ0) is 17.0. The summed E-state index contributed by atoms with van der Waals surface area (Å²) in [4.78, 5) is 12.6. The van der Waals surface area contributed by atoms with Gasteiger partial charge in [0.15, 0.2) is 5.82 Å². The standard InChI is InChI=1S/C20H17N5/c1-11-7-15-9-13(3-5-16(15)21-11)14-4-6-17-18(10-14)23-20(22-17)19-8-12(2)24-25-19/h3-6,8-10H,7H2,1-2H3,(H,22,23)(H,24,25). The average Bonchev–Trinajstić information content (AvgIpc) is 3.29. The Balaban J connectivity index is 1.56. The number of nitrogens with one attached hydrogen (secondary N) is 2. The molecule has 122 valence electrons. The van der Waals surface area contributed by atoms with Gasteiger partial charge in [0.2, 0.25) is 0 Å². The third-order valence-electron chi connectivity index (χ3n) is 4.60. The number of nitrogens with zero attached hydrogens (tertiary/aromatic N) is 3. The lowest BCUT2D eigenvalue weighted by Crippen LogP contribution is -1.89. The van der Waals surface area contributed by atoms with Gasteiger partial charge in [0, 0.05) is 17.8 Å². The maximum atomic E-state index is 4.64. The number of aromatic amines is 2. The number of benzene rings is 2. The van der Waals surface area contributed by atoms with Gasteiger partial charge in [-0.25, -0.2) is 4.98 Å². The third-order valence-corrected chi connectivity index (χ3v) is 4.60. The molecule has 5 nitrogen and oxygen atoms in total. The summed E-state index contributed by atoms with van der Waals surface area (Å²) in [5.74, 6) is 0.787. The molecule has 0 fully saturated rings. The fraction of sp³-hybridized carbons (Fsp3) is 0.150. The van der Waals surface area contributed by atoms with E-state index < -0.39 is 0 Å². The van der Waals surface area contributed by atoms with Crippen LogP contribution in [0.15, 0.2) is 47.5 Å². The van der Waals surface area contributed by atoms with Crippen molar-refractivity contribution >= 4 is 22.4 Å². The minimum absolute atomic E-state index is 0.787. The molecule has 1 aliphatic heterocycles. The van der Waals surface area contributed by atoms with Crippen molar-refractivity contribution in [2.45, 2.75) is 20.3 Å². The van der Waals surface area contributed by atoms with E-state index in [0.717, 1.165) is 40.4 Å². The highest BCUT2D eigenvalue weighted by molar-refractivity contribution is 5.93. The first kappa shape index (κ1) is 14.2. The fourth-order valence-electron chi connectivity index (χ4n) is 3.39. The van der Waals surface area contributed by atoms with Crippen molar-refractivity contribution in [1.82, 2.24) is 20.2 Å². The largest absolute Gasteiger partial charge is 0.337 e. The molecule has 0 spiro atoms. The molecule has 2 N–H and O–H groups in total. The smallest absolute Gasteiger partial charge is 0.159 e. The molecule has 2 aromatic heterocycles. The molecule has 4 aromatic rings. The summed E-state index contributed by atoms with van der Waals surface area (Å²) in [7, 11) is 0. The minimum Gasteiger partial charge on any atom is -0.337 e. The second-order valence-electron chi connectivity index (χ2n) is 6.62. The van der Waals surface area contributed by atoms with Crippen LogP contribution in [0.2, 0.25) is 0 Å². The van der Waals surface area contributed by atoms with Gasteiger partial charge in [-0.15, -0.1) is 0 Å². The van der Waals surface area contributed by atoms with Gasteiger partial charge in [0.25, 0.3) is 0 Å². The fourth-order valence-corrected chi connectivity index (χ4v) is 3.39. The van der Waals surface area contributed by atoms with Crippen LogP contribution in [-0.4, -0.2) is 25.9 Å². The number of fused-ring (bicyclic) bond motifs is 2. The highest BCUT2D eigenvalue weighted by atomic mass is 15.1. The molecule has 0 atom stereocenters. The van der Waals surface area contributed by atoms with Crippen molar-refractivity contribution < 1.29 is 0 Å². The Hall–Kier alpha value is -3.21. The van der Waals surface area contributed by atoms with E-state index in [1.807, 2.05) is 13.0 Å². The predicted molar refractivity (Wildman–Crippen MR) is 100 cm³/mol. The topological polar surface area (TPSA) is 69.7 Å². The second kappa shape index (κ2) is 5.14. The molecular weight excluding hydrogens is 310 g/mol. The lowest BCUT2D eigenvalue weighted by Gasteiger charge is -2.04. The van der Waals surface area contributed by atoms with Gasteiger partial charge in [-0.05, 0) is 60.9 Å². The molecule has 0 amide bonds. The molecule has 0 saturated carbocycles. The summed E-state index contributed by atoms with van der Waals surface area (Å²) in [6.45, 7) is 4.06. The number of hydrogen-bond acceptors (Lipinski definition) is 3. The summed E-state index contributed by atoms with van der Waals surface area (Å²) in [5, 5.41) is 7.23. The van der Waals surface area contributed by atoms with Crippen LogP contribution in [0.5, 0.6) is 0 Å². The maximum Gasteiger partial charge on any atom is 0.159 e. The second-order valence-corrected chi connectivity index (χ2v) is 6.62.